The van der Waals surface area contributed by atoms with Crippen molar-refractivity contribution in [3.05, 3.63) is 59.4 Å². The number of hydrogen-bond donors (Lipinski definition) is 1. The fraction of sp³-hybridized carbons (Fsp3) is 0.316. The first-order valence-electron chi connectivity index (χ1n) is 7.97. The van der Waals surface area contributed by atoms with E-state index in [-0.39, 0.29) is 0 Å². The molecule has 1 N–H and O–H groups in total. The van der Waals surface area contributed by atoms with Crippen LogP contribution in [0.1, 0.15) is 49.3 Å². The van der Waals surface area contributed by atoms with Crippen LogP contribution in [0.15, 0.2) is 47.7 Å². The summed E-state index contributed by atoms with van der Waals surface area (Å²) in [4.78, 5) is 18.5. The van der Waals surface area contributed by atoms with Crippen molar-refractivity contribution < 1.29 is 9.90 Å². The van der Waals surface area contributed by atoms with Gasteiger partial charge in [-0.3, -0.25) is 14.8 Å². The molecule has 2 heterocycles. The molecule has 0 radical (unpaired) electrons. The van der Waals surface area contributed by atoms with Crippen LogP contribution in [0, 0.1) is 0 Å². The molecule has 1 aromatic heterocycles. The minimum Gasteiger partial charge on any atom is -0.481 e. The average molecular weight is 310 g/mol. The molecule has 0 fully saturated rings. The Balaban J connectivity index is 0.000000207. The Bertz CT molecular complexity index is 633. The fourth-order valence-electron chi connectivity index (χ4n) is 2.37. The number of rotatable bonds is 4. The predicted octanol–water partition coefficient (Wildman–Crippen LogP) is 4.39. The van der Waals surface area contributed by atoms with Gasteiger partial charge in [-0.05, 0) is 23.6 Å². The maximum absolute atomic E-state index is 9.87. The van der Waals surface area contributed by atoms with E-state index in [0.717, 1.165) is 31.4 Å². The number of nitrogens with zero attached hydrogens (tertiary/aromatic N) is 2. The van der Waals surface area contributed by atoms with Gasteiger partial charge in [0.25, 0.3) is 0 Å². The molecular weight excluding hydrogens is 288 g/mol. The van der Waals surface area contributed by atoms with Gasteiger partial charge < -0.3 is 5.11 Å². The highest BCUT2D eigenvalue weighted by molar-refractivity contribution is 5.85. The summed E-state index contributed by atoms with van der Waals surface area (Å²) < 4.78 is 0. The van der Waals surface area contributed by atoms with E-state index in [4.69, 9.17) is 5.11 Å². The number of pyridine rings is 1. The third-order valence-corrected chi connectivity index (χ3v) is 3.65. The quantitative estimate of drug-likeness (QED) is 0.727. The van der Waals surface area contributed by atoms with Crippen LogP contribution in [0.25, 0.3) is 0 Å². The van der Waals surface area contributed by atoms with Crippen LogP contribution in [0.3, 0.4) is 0 Å². The highest BCUT2D eigenvalue weighted by atomic mass is 16.4. The van der Waals surface area contributed by atoms with E-state index in [0.29, 0.717) is 6.42 Å². The van der Waals surface area contributed by atoms with Crippen molar-refractivity contribution >= 4 is 17.9 Å². The number of carboxylic acid groups (broad SMARTS) is 1. The molecule has 0 saturated heterocycles. The Hall–Kier alpha value is -2.49. The van der Waals surface area contributed by atoms with Crippen molar-refractivity contribution in [2.75, 3.05) is 0 Å². The van der Waals surface area contributed by atoms with Crippen molar-refractivity contribution in [2.45, 2.75) is 39.0 Å². The van der Waals surface area contributed by atoms with E-state index >= 15 is 0 Å². The van der Waals surface area contributed by atoms with E-state index in [1.165, 1.54) is 16.7 Å². The van der Waals surface area contributed by atoms with Crippen LogP contribution in [0.4, 0.5) is 5.69 Å². The Kier molecular flexibility index (Phi) is 6.48. The van der Waals surface area contributed by atoms with Gasteiger partial charge in [0.2, 0.25) is 0 Å². The standard InChI is InChI=1S/C13H10N2.C6H12O2/c1-2-4-11-9-15-13-5-6-14-8-12(13)7-10(11)3-1;1-2-3-4-5-6(7)8/h1-6,8-9H,7H2;2-5H2,1H3,(H,7,8). The zero-order chi connectivity index (χ0) is 16.5. The molecule has 0 amide bonds. The van der Waals surface area contributed by atoms with Crippen molar-refractivity contribution in [1.82, 2.24) is 4.98 Å². The van der Waals surface area contributed by atoms with Gasteiger partial charge in [-0.1, -0.05) is 44.0 Å². The smallest absolute Gasteiger partial charge is 0.303 e. The van der Waals surface area contributed by atoms with Gasteiger partial charge in [-0.15, -0.1) is 0 Å². The van der Waals surface area contributed by atoms with E-state index < -0.39 is 5.97 Å². The van der Waals surface area contributed by atoms with E-state index in [1.54, 1.807) is 6.20 Å². The number of aliphatic imine (C=N–C) groups is 1. The van der Waals surface area contributed by atoms with E-state index in [2.05, 4.69) is 35.1 Å². The second kappa shape index (κ2) is 8.83. The molecule has 1 aliphatic heterocycles. The van der Waals surface area contributed by atoms with Crippen LogP contribution in [-0.4, -0.2) is 22.3 Å². The molecule has 3 rings (SSSR count). The van der Waals surface area contributed by atoms with Gasteiger partial charge in [0.1, 0.15) is 0 Å². The lowest BCUT2D eigenvalue weighted by Crippen LogP contribution is -1.92. The monoisotopic (exact) mass is 310 g/mol. The summed E-state index contributed by atoms with van der Waals surface area (Å²) in [5.74, 6) is -0.682. The minimum absolute atomic E-state index is 0.327. The first-order valence-corrected chi connectivity index (χ1v) is 7.97. The molecule has 0 bridgehead atoms. The fourth-order valence-corrected chi connectivity index (χ4v) is 2.37. The zero-order valence-corrected chi connectivity index (χ0v) is 13.4. The molecular formula is C19H22N2O2. The summed E-state index contributed by atoms with van der Waals surface area (Å²) in [6, 6.07) is 10.3. The molecule has 4 nitrogen and oxygen atoms in total. The van der Waals surface area contributed by atoms with Gasteiger partial charge in [0.05, 0.1) is 5.69 Å². The summed E-state index contributed by atoms with van der Waals surface area (Å²) in [6.45, 7) is 2.06. The Morgan fingerprint density at radius 3 is 2.78 bits per heavy atom. The Labute approximate surface area is 136 Å². The lowest BCUT2D eigenvalue weighted by atomic mass is 10.0. The summed E-state index contributed by atoms with van der Waals surface area (Å²) >= 11 is 0. The lowest BCUT2D eigenvalue weighted by molar-refractivity contribution is -0.137. The van der Waals surface area contributed by atoms with Gasteiger partial charge in [0, 0.05) is 37.0 Å². The van der Waals surface area contributed by atoms with Gasteiger partial charge in [0.15, 0.2) is 0 Å². The predicted molar refractivity (Wildman–Crippen MR) is 92.5 cm³/mol. The molecule has 0 unspecified atom stereocenters. The molecule has 23 heavy (non-hydrogen) atoms. The molecule has 0 aliphatic carbocycles. The van der Waals surface area contributed by atoms with Crippen LogP contribution >= 0.6 is 0 Å². The van der Waals surface area contributed by atoms with E-state index in [1.807, 2.05) is 24.5 Å². The third kappa shape index (κ3) is 5.33. The molecule has 0 saturated carbocycles. The largest absolute Gasteiger partial charge is 0.481 e. The summed E-state index contributed by atoms with van der Waals surface area (Å²) in [6.07, 6.45) is 9.81. The first kappa shape index (κ1) is 16.9. The molecule has 0 atom stereocenters. The maximum Gasteiger partial charge on any atom is 0.303 e. The second-order valence-corrected chi connectivity index (χ2v) is 5.49. The number of aromatic nitrogens is 1. The number of aliphatic carboxylic acids is 1. The first-order chi connectivity index (χ1) is 11.2. The molecule has 1 aromatic carbocycles. The maximum atomic E-state index is 9.87. The molecule has 0 spiro atoms. The van der Waals surface area contributed by atoms with Crippen LogP contribution in [-0.2, 0) is 11.2 Å². The Morgan fingerprint density at radius 1 is 1.17 bits per heavy atom. The minimum atomic E-state index is -0.682. The van der Waals surface area contributed by atoms with Crippen LogP contribution in [0.2, 0.25) is 0 Å². The number of hydrogen-bond acceptors (Lipinski definition) is 3. The number of benzene rings is 1. The Morgan fingerprint density at radius 2 is 2.00 bits per heavy atom. The topological polar surface area (TPSA) is 62.5 Å². The zero-order valence-electron chi connectivity index (χ0n) is 13.4. The van der Waals surface area contributed by atoms with E-state index in [9.17, 15) is 4.79 Å². The summed E-state index contributed by atoms with van der Waals surface area (Å²) in [5, 5.41) is 8.14. The highest BCUT2D eigenvalue weighted by Gasteiger charge is 2.08. The average Bonchev–Trinajstić information content (AvgIpc) is 2.74. The van der Waals surface area contributed by atoms with Crippen molar-refractivity contribution in [2.24, 2.45) is 4.99 Å². The van der Waals surface area contributed by atoms with Crippen LogP contribution in [0.5, 0.6) is 0 Å². The third-order valence-electron chi connectivity index (χ3n) is 3.65. The second-order valence-electron chi connectivity index (χ2n) is 5.49. The van der Waals surface area contributed by atoms with Gasteiger partial charge >= 0.3 is 5.97 Å². The van der Waals surface area contributed by atoms with Crippen molar-refractivity contribution in [1.29, 1.82) is 0 Å². The number of unbranched alkanes of at least 4 members (excludes halogenated alkanes) is 2. The summed E-state index contributed by atoms with van der Waals surface area (Å²) in [5.41, 5.74) is 4.74. The number of fused-ring (bicyclic) bond motifs is 2. The molecule has 2 aromatic rings. The van der Waals surface area contributed by atoms with Crippen molar-refractivity contribution in [3.63, 3.8) is 0 Å². The van der Waals surface area contributed by atoms with Crippen LogP contribution < -0.4 is 0 Å². The van der Waals surface area contributed by atoms with Crippen molar-refractivity contribution in [3.8, 4) is 0 Å². The number of carboxylic acids is 1. The summed E-state index contributed by atoms with van der Waals surface area (Å²) in [7, 11) is 0. The molecule has 4 heteroatoms. The highest BCUT2D eigenvalue weighted by Crippen LogP contribution is 2.25. The lowest BCUT2D eigenvalue weighted by Gasteiger charge is -2.03. The normalized spacial score (nSPS) is 11.5. The molecule has 1 aliphatic rings. The number of carbonyl (C=O) groups is 1. The SMILES string of the molecule is C1=Nc2ccncc2Cc2ccccc21.CCCCCC(=O)O. The molecule has 120 valence electrons. The van der Waals surface area contributed by atoms with Gasteiger partial charge in [-0.2, -0.15) is 0 Å². The van der Waals surface area contributed by atoms with Gasteiger partial charge in [-0.25, -0.2) is 0 Å².